The van der Waals surface area contributed by atoms with Crippen molar-refractivity contribution in [3.63, 3.8) is 0 Å². The summed E-state index contributed by atoms with van der Waals surface area (Å²) in [6.45, 7) is 0. The largest absolute Gasteiger partial charge is 0.396 e. The average molecular weight is 208 g/mol. The van der Waals surface area contributed by atoms with E-state index in [0.29, 0.717) is 17.7 Å². The number of anilines is 2. The highest BCUT2D eigenvalue weighted by Gasteiger charge is 2.27. The van der Waals surface area contributed by atoms with Crippen LogP contribution in [0, 0.1) is 0 Å². The van der Waals surface area contributed by atoms with Gasteiger partial charge in [-0.05, 0) is 19.3 Å². The normalized spacial score (nSPS) is 25.4. The van der Waals surface area contributed by atoms with Crippen LogP contribution in [0.3, 0.4) is 0 Å². The molecule has 0 radical (unpaired) electrons. The minimum Gasteiger partial charge on any atom is -0.396 e. The highest BCUT2D eigenvalue weighted by Crippen LogP contribution is 2.23. The highest BCUT2D eigenvalue weighted by molar-refractivity contribution is 5.36. The maximum Gasteiger partial charge on any atom is 0.223 e. The Labute approximate surface area is 89.1 Å². The number of hydrogen-bond donors (Lipinski definition) is 2. The van der Waals surface area contributed by atoms with Crippen molar-refractivity contribution in [1.82, 2.24) is 9.97 Å². The standard InChI is InChI=1S/C10H16N4O/c1-15-9-4-2-3-8(9)14-10-12-5-7(11)6-13-10/h5-6,8-9H,2-4,11H2,1H3,(H,12,13,14). The van der Waals surface area contributed by atoms with E-state index in [2.05, 4.69) is 15.3 Å². The van der Waals surface area contributed by atoms with E-state index in [1.165, 1.54) is 6.42 Å². The fourth-order valence-corrected chi connectivity index (χ4v) is 1.95. The lowest BCUT2D eigenvalue weighted by atomic mass is 10.2. The van der Waals surface area contributed by atoms with Crippen molar-refractivity contribution >= 4 is 11.6 Å². The monoisotopic (exact) mass is 208 g/mol. The Morgan fingerprint density at radius 1 is 1.40 bits per heavy atom. The second-order valence-corrected chi connectivity index (χ2v) is 3.80. The summed E-state index contributed by atoms with van der Waals surface area (Å²) in [6, 6.07) is 0.318. The number of nitrogens with two attached hydrogens (primary N) is 1. The SMILES string of the molecule is COC1CCCC1Nc1ncc(N)cn1. The Morgan fingerprint density at radius 3 is 2.80 bits per heavy atom. The van der Waals surface area contributed by atoms with Gasteiger partial charge < -0.3 is 15.8 Å². The zero-order chi connectivity index (χ0) is 10.7. The Kier molecular flexibility index (Phi) is 3.01. The number of hydrogen-bond acceptors (Lipinski definition) is 5. The molecule has 1 fully saturated rings. The smallest absolute Gasteiger partial charge is 0.223 e. The number of methoxy groups -OCH3 is 1. The zero-order valence-corrected chi connectivity index (χ0v) is 8.81. The Balaban J connectivity index is 1.99. The molecule has 0 saturated heterocycles. The van der Waals surface area contributed by atoms with E-state index in [1.807, 2.05) is 0 Å². The van der Waals surface area contributed by atoms with E-state index in [1.54, 1.807) is 19.5 Å². The van der Waals surface area contributed by atoms with Crippen LogP contribution in [0.2, 0.25) is 0 Å². The molecule has 2 unspecified atom stereocenters. The first-order valence-electron chi connectivity index (χ1n) is 5.16. The molecule has 0 aromatic carbocycles. The molecule has 0 aliphatic heterocycles. The third-order valence-corrected chi connectivity index (χ3v) is 2.74. The van der Waals surface area contributed by atoms with E-state index in [9.17, 15) is 0 Å². The maximum atomic E-state index is 5.51. The van der Waals surface area contributed by atoms with Crippen LogP contribution in [-0.2, 0) is 4.74 Å². The molecular formula is C10H16N4O. The van der Waals surface area contributed by atoms with E-state index >= 15 is 0 Å². The predicted molar refractivity (Wildman–Crippen MR) is 58.5 cm³/mol. The molecule has 2 rings (SSSR count). The Hall–Kier alpha value is -1.36. The molecule has 82 valence electrons. The van der Waals surface area contributed by atoms with E-state index in [-0.39, 0.29) is 6.10 Å². The van der Waals surface area contributed by atoms with Crippen LogP contribution >= 0.6 is 0 Å². The van der Waals surface area contributed by atoms with Gasteiger partial charge in [-0.25, -0.2) is 9.97 Å². The summed E-state index contributed by atoms with van der Waals surface area (Å²) < 4.78 is 5.38. The summed E-state index contributed by atoms with van der Waals surface area (Å²) in [6.07, 6.45) is 6.87. The topological polar surface area (TPSA) is 73.1 Å². The van der Waals surface area contributed by atoms with Crippen LogP contribution in [0.1, 0.15) is 19.3 Å². The molecule has 0 amide bonds. The lowest BCUT2D eigenvalue weighted by Gasteiger charge is -2.19. The molecule has 1 aromatic heterocycles. The second kappa shape index (κ2) is 4.44. The number of rotatable bonds is 3. The molecule has 1 saturated carbocycles. The van der Waals surface area contributed by atoms with Crippen LogP contribution in [-0.4, -0.2) is 29.2 Å². The van der Waals surface area contributed by atoms with Crippen LogP contribution in [0.4, 0.5) is 11.6 Å². The maximum absolute atomic E-state index is 5.51. The Bertz CT molecular complexity index is 314. The van der Waals surface area contributed by atoms with Crippen LogP contribution in [0.5, 0.6) is 0 Å². The van der Waals surface area contributed by atoms with Gasteiger partial charge in [0.1, 0.15) is 0 Å². The molecule has 15 heavy (non-hydrogen) atoms. The number of aromatic nitrogens is 2. The molecule has 1 heterocycles. The molecule has 2 atom stereocenters. The quantitative estimate of drug-likeness (QED) is 0.776. The molecule has 5 nitrogen and oxygen atoms in total. The lowest BCUT2D eigenvalue weighted by molar-refractivity contribution is 0.101. The number of nitrogen functional groups attached to an aromatic ring is 1. The summed E-state index contributed by atoms with van der Waals surface area (Å²) in [5, 5.41) is 3.27. The van der Waals surface area contributed by atoms with Crippen molar-refractivity contribution in [3.8, 4) is 0 Å². The summed E-state index contributed by atoms with van der Waals surface area (Å²) >= 11 is 0. The average Bonchev–Trinajstić information content (AvgIpc) is 2.69. The van der Waals surface area contributed by atoms with Crippen molar-refractivity contribution in [3.05, 3.63) is 12.4 Å². The molecule has 0 spiro atoms. The van der Waals surface area contributed by atoms with Crippen LogP contribution in [0.25, 0.3) is 0 Å². The van der Waals surface area contributed by atoms with E-state index in [0.717, 1.165) is 12.8 Å². The molecule has 5 heteroatoms. The third-order valence-electron chi connectivity index (χ3n) is 2.74. The van der Waals surface area contributed by atoms with Gasteiger partial charge in [-0.2, -0.15) is 0 Å². The van der Waals surface area contributed by atoms with Gasteiger partial charge in [0, 0.05) is 7.11 Å². The summed E-state index contributed by atoms with van der Waals surface area (Å²) in [5.41, 5.74) is 6.09. The molecule has 1 aromatic rings. The molecule has 1 aliphatic carbocycles. The zero-order valence-electron chi connectivity index (χ0n) is 8.81. The fraction of sp³-hybridized carbons (Fsp3) is 0.600. The van der Waals surface area contributed by atoms with Gasteiger partial charge in [0.2, 0.25) is 5.95 Å². The van der Waals surface area contributed by atoms with Gasteiger partial charge in [-0.15, -0.1) is 0 Å². The van der Waals surface area contributed by atoms with E-state index < -0.39 is 0 Å². The number of nitrogens with one attached hydrogen (secondary N) is 1. The second-order valence-electron chi connectivity index (χ2n) is 3.80. The van der Waals surface area contributed by atoms with Crippen molar-refractivity contribution in [2.45, 2.75) is 31.4 Å². The van der Waals surface area contributed by atoms with Crippen molar-refractivity contribution in [1.29, 1.82) is 0 Å². The molecule has 1 aliphatic rings. The highest BCUT2D eigenvalue weighted by atomic mass is 16.5. The summed E-state index contributed by atoms with van der Waals surface area (Å²) in [5.74, 6) is 0.623. The van der Waals surface area contributed by atoms with Gasteiger partial charge in [0.15, 0.2) is 0 Å². The van der Waals surface area contributed by atoms with Gasteiger partial charge >= 0.3 is 0 Å². The van der Waals surface area contributed by atoms with Crippen molar-refractivity contribution < 1.29 is 4.74 Å². The van der Waals surface area contributed by atoms with Gasteiger partial charge in [-0.3, -0.25) is 0 Å². The molecule has 3 N–H and O–H groups in total. The molecular weight excluding hydrogens is 192 g/mol. The van der Waals surface area contributed by atoms with Crippen molar-refractivity contribution in [2.75, 3.05) is 18.2 Å². The third kappa shape index (κ3) is 2.36. The minimum absolute atomic E-state index is 0.270. The fourth-order valence-electron chi connectivity index (χ4n) is 1.95. The Morgan fingerprint density at radius 2 is 2.13 bits per heavy atom. The van der Waals surface area contributed by atoms with Gasteiger partial charge in [-0.1, -0.05) is 0 Å². The summed E-state index contributed by atoms with van der Waals surface area (Å²) in [4.78, 5) is 8.22. The number of nitrogens with zero attached hydrogens (tertiary/aromatic N) is 2. The first-order chi connectivity index (χ1) is 7.29. The van der Waals surface area contributed by atoms with Crippen LogP contribution in [0.15, 0.2) is 12.4 Å². The molecule has 0 bridgehead atoms. The lowest BCUT2D eigenvalue weighted by Crippen LogP contribution is -2.30. The minimum atomic E-state index is 0.270. The van der Waals surface area contributed by atoms with Gasteiger partial charge in [0.25, 0.3) is 0 Å². The first kappa shape index (κ1) is 10.2. The number of ether oxygens (including phenoxy) is 1. The summed E-state index contributed by atoms with van der Waals surface area (Å²) in [7, 11) is 1.74. The van der Waals surface area contributed by atoms with Gasteiger partial charge in [0.05, 0.1) is 30.2 Å². The van der Waals surface area contributed by atoms with Crippen LogP contribution < -0.4 is 11.1 Å². The van der Waals surface area contributed by atoms with Crippen molar-refractivity contribution in [2.24, 2.45) is 0 Å². The van der Waals surface area contributed by atoms with E-state index in [4.69, 9.17) is 10.5 Å². The predicted octanol–water partition coefficient (Wildman–Crippen LogP) is 1.04. The first-order valence-corrected chi connectivity index (χ1v) is 5.16.